The number of nitrogens with zero attached hydrogens (tertiary/aromatic N) is 2. The van der Waals surface area contributed by atoms with E-state index in [-0.39, 0.29) is 11.9 Å². The van der Waals surface area contributed by atoms with Crippen molar-refractivity contribution < 1.29 is 14.3 Å². The second-order valence-corrected chi connectivity index (χ2v) is 7.95. The van der Waals surface area contributed by atoms with Crippen molar-refractivity contribution in [3.05, 3.63) is 51.7 Å². The number of likely N-dealkylation sites (tertiary alicyclic amines) is 1. The lowest BCUT2D eigenvalue weighted by Gasteiger charge is -2.26. The highest BCUT2D eigenvalue weighted by Gasteiger charge is 2.33. The van der Waals surface area contributed by atoms with Crippen molar-refractivity contribution in [2.75, 3.05) is 20.8 Å². The minimum absolute atomic E-state index is 0.0277. The number of methoxy groups -OCH3 is 2. The molecule has 1 aromatic carbocycles. The second kappa shape index (κ2) is 7.70. The molecule has 5 nitrogen and oxygen atoms in total. The Morgan fingerprint density at radius 3 is 2.85 bits per heavy atom. The van der Waals surface area contributed by atoms with Crippen LogP contribution >= 0.6 is 22.7 Å². The number of rotatable bonds is 5. The Morgan fingerprint density at radius 1 is 1.22 bits per heavy atom. The Balaban J connectivity index is 1.63. The highest BCUT2D eigenvalue weighted by molar-refractivity contribution is 7.14. The van der Waals surface area contributed by atoms with E-state index >= 15 is 0 Å². The Bertz CT molecular complexity index is 937. The zero-order valence-electron chi connectivity index (χ0n) is 15.2. The van der Waals surface area contributed by atoms with Crippen molar-refractivity contribution in [3.8, 4) is 22.1 Å². The van der Waals surface area contributed by atoms with Gasteiger partial charge in [0.15, 0.2) is 0 Å². The molecule has 3 heterocycles. The van der Waals surface area contributed by atoms with Gasteiger partial charge in [-0.2, -0.15) is 11.3 Å². The lowest BCUT2D eigenvalue weighted by molar-refractivity contribution is 0.0729. The maximum Gasteiger partial charge on any atom is 0.273 e. The minimum atomic E-state index is -0.0335. The maximum absolute atomic E-state index is 13.2. The average molecular weight is 401 g/mol. The van der Waals surface area contributed by atoms with Crippen LogP contribution in [0.1, 0.15) is 34.9 Å². The second-order valence-electron chi connectivity index (χ2n) is 6.31. The molecule has 1 saturated heterocycles. The molecule has 1 fully saturated rings. The lowest BCUT2D eigenvalue weighted by atomic mass is 10.0. The van der Waals surface area contributed by atoms with E-state index in [0.717, 1.165) is 47.0 Å². The van der Waals surface area contributed by atoms with E-state index < -0.39 is 0 Å². The third-order valence-electron chi connectivity index (χ3n) is 4.80. The smallest absolute Gasteiger partial charge is 0.273 e. The van der Waals surface area contributed by atoms with E-state index in [1.807, 2.05) is 45.3 Å². The number of hydrogen-bond donors (Lipinski definition) is 0. The summed E-state index contributed by atoms with van der Waals surface area (Å²) in [5.74, 6) is 1.51. The fourth-order valence-electron chi connectivity index (χ4n) is 3.47. The first-order valence-corrected chi connectivity index (χ1v) is 10.5. The summed E-state index contributed by atoms with van der Waals surface area (Å²) in [5, 5.41) is 6.80. The van der Waals surface area contributed by atoms with Gasteiger partial charge >= 0.3 is 0 Å². The molecule has 7 heteroatoms. The average Bonchev–Trinajstić information content (AvgIpc) is 3.47. The Labute approximate surface area is 166 Å². The van der Waals surface area contributed by atoms with Crippen LogP contribution in [0.15, 0.2) is 40.4 Å². The predicted octanol–water partition coefficient (Wildman–Crippen LogP) is 4.87. The molecule has 4 rings (SSSR count). The molecule has 0 radical (unpaired) electrons. The zero-order valence-corrected chi connectivity index (χ0v) is 16.8. The number of carbonyl (C=O) groups is 1. The van der Waals surface area contributed by atoms with Crippen LogP contribution in [-0.4, -0.2) is 36.6 Å². The third kappa shape index (κ3) is 3.44. The number of thiazole rings is 1. The summed E-state index contributed by atoms with van der Waals surface area (Å²) in [7, 11) is 3.30. The van der Waals surface area contributed by atoms with Crippen LogP contribution in [0.4, 0.5) is 0 Å². The molecule has 0 aliphatic carbocycles. The van der Waals surface area contributed by atoms with Crippen molar-refractivity contribution in [1.29, 1.82) is 0 Å². The summed E-state index contributed by atoms with van der Waals surface area (Å²) in [4.78, 5) is 19.7. The molecule has 1 atom stereocenters. The summed E-state index contributed by atoms with van der Waals surface area (Å²) >= 11 is 3.14. The fraction of sp³-hybridized carbons (Fsp3) is 0.300. The minimum Gasteiger partial charge on any atom is -0.497 e. The molecule has 1 aliphatic rings. The molecule has 2 aromatic heterocycles. The van der Waals surface area contributed by atoms with E-state index in [4.69, 9.17) is 9.47 Å². The Hall–Kier alpha value is -2.38. The molecule has 3 aromatic rings. The summed E-state index contributed by atoms with van der Waals surface area (Å²) in [6, 6.07) is 7.72. The van der Waals surface area contributed by atoms with Crippen molar-refractivity contribution in [2.24, 2.45) is 0 Å². The van der Waals surface area contributed by atoms with Gasteiger partial charge in [-0.25, -0.2) is 4.98 Å². The van der Waals surface area contributed by atoms with E-state index in [2.05, 4.69) is 4.98 Å². The van der Waals surface area contributed by atoms with Gasteiger partial charge in [0.05, 0.1) is 20.3 Å². The number of thiophene rings is 1. The Morgan fingerprint density at radius 2 is 2.11 bits per heavy atom. The summed E-state index contributed by atoms with van der Waals surface area (Å²) in [5.41, 5.74) is 2.56. The number of ether oxygens (including phenoxy) is 2. The number of hydrogen-bond acceptors (Lipinski definition) is 6. The number of carbonyl (C=O) groups excluding carboxylic acids is 1. The van der Waals surface area contributed by atoms with Gasteiger partial charge in [-0.3, -0.25) is 4.79 Å². The predicted molar refractivity (Wildman–Crippen MR) is 108 cm³/mol. The van der Waals surface area contributed by atoms with Gasteiger partial charge in [-0.15, -0.1) is 11.3 Å². The molecule has 0 saturated carbocycles. The highest BCUT2D eigenvalue weighted by atomic mass is 32.1. The van der Waals surface area contributed by atoms with Gasteiger partial charge in [0.25, 0.3) is 5.91 Å². The zero-order chi connectivity index (χ0) is 18.8. The van der Waals surface area contributed by atoms with Crippen LogP contribution in [0.2, 0.25) is 0 Å². The quantitative estimate of drug-likeness (QED) is 0.613. The van der Waals surface area contributed by atoms with E-state index in [9.17, 15) is 4.79 Å². The molecule has 0 spiro atoms. The third-order valence-corrected chi connectivity index (χ3v) is 6.38. The molecule has 1 amide bonds. The van der Waals surface area contributed by atoms with Crippen LogP contribution < -0.4 is 9.47 Å². The van der Waals surface area contributed by atoms with Gasteiger partial charge in [0.2, 0.25) is 0 Å². The molecule has 0 N–H and O–H groups in total. The van der Waals surface area contributed by atoms with E-state index in [0.29, 0.717) is 5.69 Å². The SMILES string of the molecule is COc1ccc(OC)c([C@@H]2CCCN2C(=O)c2csc(-c3ccsc3)n2)c1. The van der Waals surface area contributed by atoms with Gasteiger partial charge < -0.3 is 14.4 Å². The normalized spacial score (nSPS) is 16.5. The first-order valence-electron chi connectivity index (χ1n) is 8.72. The van der Waals surface area contributed by atoms with Crippen molar-refractivity contribution in [2.45, 2.75) is 18.9 Å². The standard InChI is InChI=1S/C20H20N2O3S2/c1-24-14-5-6-18(25-2)15(10-14)17-4-3-8-22(17)20(23)16-12-27-19(21-16)13-7-9-26-11-13/h5-7,9-12,17H,3-4,8H2,1-2H3/t17-/m0/s1. The lowest BCUT2D eigenvalue weighted by Crippen LogP contribution is -2.31. The highest BCUT2D eigenvalue weighted by Crippen LogP contribution is 2.40. The van der Waals surface area contributed by atoms with Crippen LogP contribution in [0.3, 0.4) is 0 Å². The molecular weight excluding hydrogens is 380 g/mol. The molecular formula is C20H20N2O3S2. The van der Waals surface area contributed by atoms with Crippen LogP contribution in [-0.2, 0) is 0 Å². The number of amides is 1. The molecule has 1 aliphatic heterocycles. The van der Waals surface area contributed by atoms with Crippen molar-refractivity contribution >= 4 is 28.6 Å². The topological polar surface area (TPSA) is 51.7 Å². The van der Waals surface area contributed by atoms with Crippen LogP contribution in [0.5, 0.6) is 11.5 Å². The van der Waals surface area contributed by atoms with Gasteiger partial charge in [-0.1, -0.05) is 0 Å². The van der Waals surface area contributed by atoms with Gasteiger partial charge in [0, 0.05) is 28.4 Å². The molecule has 140 valence electrons. The summed E-state index contributed by atoms with van der Waals surface area (Å²) in [6.07, 6.45) is 1.86. The first-order chi connectivity index (χ1) is 13.2. The van der Waals surface area contributed by atoms with Crippen molar-refractivity contribution in [3.63, 3.8) is 0 Å². The van der Waals surface area contributed by atoms with Crippen molar-refractivity contribution in [1.82, 2.24) is 9.88 Å². The summed E-state index contributed by atoms with van der Waals surface area (Å²) < 4.78 is 10.9. The number of benzene rings is 1. The molecule has 0 unspecified atom stereocenters. The Kier molecular flexibility index (Phi) is 5.13. The maximum atomic E-state index is 13.2. The fourth-order valence-corrected chi connectivity index (χ4v) is 4.98. The van der Waals surface area contributed by atoms with Gasteiger partial charge in [0.1, 0.15) is 22.2 Å². The van der Waals surface area contributed by atoms with Gasteiger partial charge in [-0.05, 0) is 42.5 Å². The molecule has 0 bridgehead atoms. The van der Waals surface area contributed by atoms with E-state index in [1.165, 1.54) is 11.3 Å². The van der Waals surface area contributed by atoms with Crippen LogP contribution in [0, 0.1) is 0 Å². The number of aromatic nitrogens is 1. The van der Waals surface area contributed by atoms with E-state index in [1.54, 1.807) is 25.6 Å². The summed E-state index contributed by atoms with van der Waals surface area (Å²) in [6.45, 7) is 0.717. The largest absolute Gasteiger partial charge is 0.497 e. The van der Waals surface area contributed by atoms with Crippen LogP contribution in [0.25, 0.3) is 10.6 Å². The monoisotopic (exact) mass is 400 g/mol. The molecule has 27 heavy (non-hydrogen) atoms. The first kappa shape index (κ1) is 18.0.